The minimum Gasteiger partial charge on any atom is -0.497 e. The van der Waals surface area contributed by atoms with Gasteiger partial charge in [-0.15, -0.1) is 11.3 Å². The molecule has 0 saturated carbocycles. The Morgan fingerprint density at radius 1 is 1.33 bits per heavy atom. The first-order chi connectivity index (χ1) is 10.3. The number of ether oxygens (including phenoxy) is 1. The van der Waals surface area contributed by atoms with Crippen molar-refractivity contribution in [3.8, 4) is 16.3 Å². The van der Waals surface area contributed by atoms with E-state index < -0.39 is 0 Å². The summed E-state index contributed by atoms with van der Waals surface area (Å²) in [5.41, 5.74) is 2.13. The molecule has 0 atom stereocenters. The predicted octanol–water partition coefficient (Wildman–Crippen LogP) is 3.02. The van der Waals surface area contributed by atoms with Crippen LogP contribution in [0.25, 0.3) is 10.6 Å². The number of methoxy groups -OCH3 is 1. The second-order valence-corrected chi connectivity index (χ2v) is 5.73. The lowest BCUT2D eigenvalue weighted by Gasteiger charge is -2.18. The molecule has 1 aromatic carbocycles. The van der Waals surface area contributed by atoms with E-state index in [1.165, 1.54) is 0 Å². The minimum absolute atomic E-state index is 0.187. The number of aliphatic hydroxyl groups excluding tert-OH is 1. The number of rotatable bonds is 8. The van der Waals surface area contributed by atoms with E-state index in [2.05, 4.69) is 17.2 Å². The molecule has 0 aliphatic heterocycles. The molecule has 0 amide bonds. The summed E-state index contributed by atoms with van der Waals surface area (Å²) >= 11 is 1.64. The topological polar surface area (TPSA) is 45.6 Å². The molecule has 1 N–H and O–H groups in total. The van der Waals surface area contributed by atoms with Gasteiger partial charge in [0.1, 0.15) is 10.8 Å². The fourth-order valence-corrected chi connectivity index (χ4v) is 3.03. The van der Waals surface area contributed by atoms with Gasteiger partial charge in [0.2, 0.25) is 0 Å². The quantitative estimate of drug-likeness (QED) is 0.814. The molecule has 0 aliphatic rings. The summed E-state index contributed by atoms with van der Waals surface area (Å²) in [4.78, 5) is 6.93. The first-order valence-corrected chi connectivity index (χ1v) is 8.06. The largest absolute Gasteiger partial charge is 0.497 e. The van der Waals surface area contributed by atoms with E-state index in [1.54, 1.807) is 18.4 Å². The van der Waals surface area contributed by atoms with Crippen molar-refractivity contribution >= 4 is 11.3 Å². The number of aliphatic hydroxyl groups is 1. The van der Waals surface area contributed by atoms with E-state index in [9.17, 15) is 0 Å². The van der Waals surface area contributed by atoms with Crippen molar-refractivity contribution < 1.29 is 9.84 Å². The Hall–Kier alpha value is -1.43. The van der Waals surface area contributed by atoms with Gasteiger partial charge < -0.3 is 9.84 Å². The van der Waals surface area contributed by atoms with Crippen molar-refractivity contribution in [2.75, 3.05) is 26.8 Å². The fraction of sp³-hybridized carbons (Fsp3) is 0.438. The third kappa shape index (κ3) is 4.52. The van der Waals surface area contributed by atoms with Crippen molar-refractivity contribution in [3.05, 3.63) is 35.3 Å². The van der Waals surface area contributed by atoms with Crippen LogP contribution in [-0.2, 0) is 6.54 Å². The molecule has 5 heteroatoms. The molecule has 1 aromatic heterocycles. The Bertz CT molecular complexity index is 551. The van der Waals surface area contributed by atoms with Crippen molar-refractivity contribution in [3.63, 3.8) is 0 Å². The molecule has 2 aromatic rings. The molecule has 4 nitrogen and oxygen atoms in total. The van der Waals surface area contributed by atoms with Gasteiger partial charge in [-0.1, -0.05) is 19.1 Å². The molecule has 114 valence electrons. The minimum atomic E-state index is 0.187. The number of thiazole rings is 1. The maximum atomic E-state index is 9.11. The van der Waals surface area contributed by atoms with E-state index in [0.717, 1.165) is 41.5 Å². The molecule has 0 radical (unpaired) electrons. The molecule has 0 fully saturated rings. The summed E-state index contributed by atoms with van der Waals surface area (Å²) in [5, 5.41) is 12.2. The van der Waals surface area contributed by atoms with Crippen molar-refractivity contribution in [2.45, 2.75) is 19.9 Å². The Kier molecular flexibility index (Phi) is 6.17. The summed E-state index contributed by atoms with van der Waals surface area (Å²) < 4.78 is 5.25. The van der Waals surface area contributed by atoms with Gasteiger partial charge >= 0.3 is 0 Å². The number of aromatic nitrogens is 1. The van der Waals surface area contributed by atoms with Crippen molar-refractivity contribution in [1.29, 1.82) is 0 Å². The molecule has 1 heterocycles. The van der Waals surface area contributed by atoms with Crippen LogP contribution in [0.4, 0.5) is 0 Å². The van der Waals surface area contributed by atoms with Crippen molar-refractivity contribution in [2.24, 2.45) is 0 Å². The Labute approximate surface area is 130 Å². The third-order valence-electron chi connectivity index (χ3n) is 3.21. The lowest BCUT2D eigenvalue weighted by atomic mass is 10.2. The maximum absolute atomic E-state index is 9.11. The normalized spacial score (nSPS) is 11.0. The van der Waals surface area contributed by atoms with Crippen LogP contribution in [0.2, 0.25) is 0 Å². The van der Waals surface area contributed by atoms with Gasteiger partial charge in [-0.25, -0.2) is 4.98 Å². The van der Waals surface area contributed by atoms with E-state index in [4.69, 9.17) is 14.8 Å². The second kappa shape index (κ2) is 8.12. The fourth-order valence-electron chi connectivity index (χ4n) is 2.22. The SMILES string of the molecule is CCCN(CCO)Cc1csc(-c2cccc(OC)c2)n1. The highest BCUT2D eigenvalue weighted by Crippen LogP contribution is 2.27. The zero-order valence-corrected chi connectivity index (χ0v) is 13.4. The Balaban J connectivity index is 2.09. The zero-order chi connectivity index (χ0) is 15.1. The highest BCUT2D eigenvalue weighted by atomic mass is 32.1. The van der Waals surface area contributed by atoms with Crippen LogP contribution in [0.5, 0.6) is 5.75 Å². The van der Waals surface area contributed by atoms with E-state index >= 15 is 0 Å². The van der Waals surface area contributed by atoms with E-state index in [-0.39, 0.29) is 6.61 Å². The first-order valence-electron chi connectivity index (χ1n) is 7.19. The molecule has 0 aliphatic carbocycles. The van der Waals surface area contributed by atoms with Crippen LogP contribution in [0.15, 0.2) is 29.6 Å². The summed E-state index contributed by atoms with van der Waals surface area (Å²) in [5.74, 6) is 0.845. The summed E-state index contributed by atoms with van der Waals surface area (Å²) in [6, 6.07) is 7.95. The van der Waals surface area contributed by atoms with Gasteiger partial charge in [-0.2, -0.15) is 0 Å². The van der Waals surface area contributed by atoms with Gasteiger partial charge in [0, 0.05) is 24.0 Å². The van der Waals surface area contributed by atoms with Gasteiger partial charge in [0.25, 0.3) is 0 Å². The van der Waals surface area contributed by atoms with Gasteiger partial charge in [-0.05, 0) is 25.1 Å². The molecule has 0 saturated heterocycles. The van der Waals surface area contributed by atoms with E-state index in [1.807, 2.05) is 24.3 Å². The van der Waals surface area contributed by atoms with E-state index in [0.29, 0.717) is 6.54 Å². The summed E-state index contributed by atoms with van der Waals surface area (Å²) in [6.07, 6.45) is 1.08. The molecular weight excluding hydrogens is 284 g/mol. The standard InChI is InChI=1S/C16H22N2O2S/c1-3-7-18(8-9-19)11-14-12-21-16(17-14)13-5-4-6-15(10-13)20-2/h4-6,10,12,19H,3,7-9,11H2,1-2H3. The van der Waals surface area contributed by atoms with Crippen LogP contribution in [-0.4, -0.2) is 41.8 Å². The van der Waals surface area contributed by atoms with Gasteiger partial charge in [0.05, 0.1) is 19.4 Å². The number of hydrogen-bond acceptors (Lipinski definition) is 5. The van der Waals surface area contributed by atoms with Crippen LogP contribution in [0.1, 0.15) is 19.0 Å². The van der Waals surface area contributed by atoms with Gasteiger partial charge in [-0.3, -0.25) is 4.90 Å². The van der Waals surface area contributed by atoms with Crippen molar-refractivity contribution in [1.82, 2.24) is 9.88 Å². The summed E-state index contributed by atoms with van der Waals surface area (Å²) in [6.45, 7) is 4.79. The van der Waals surface area contributed by atoms with Crippen LogP contribution < -0.4 is 4.74 Å². The second-order valence-electron chi connectivity index (χ2n) is 4.88. The molecule has 0 unspecified atom stereocenters. The molecule has 0 spiro atoms. The molecule has 21 heavy (non-hydrogen) atoms. The monoisotopic (exact) mass is 306 g/mol. The predicted molar refractivity (Wildman–Crippen MR) is 86.8 cm³/mol. The number of benzene rings is 1. The van der Waals surface area contributed by atoms with Crippen LogP contribution in [0, 0.1) is 0 Å². The average molecular weight is 306 g/mol. The Morgan fingerprint density at radius 3 is 2.90 bits per heavy atom. The summed E-state index contributed by atoms with van der Waals surface area (Å²) in [7, 11) is 1.67. The van der Waals surface area contributed by atoms with Crippen LogP contribution in [0.3, 0.4) is 0 Å². The number of hydrogen-bond donors (Lipinski definition) is 1. The lowest BCUT2D eigenvalue weighted by molar-refractivity contribution is 0.189. The maximum Gasteiger partial charge on any atom is 0.123 e. The molecule has 0 bridgehead atoms. The van der Waals surface area contributed by atoms with Crippen LogP contribution >= 0.6 is 11.3 Å². The lowest BCUT2D eigenvalue weighted by Crippen LogP contribution is -2.27. The third-order valence-corrected chi connectivity index (χ3v) is 4.15. The first kappa shape index (κ1) is 15.9. The highest BCUT2D eigenvalue weighted by Gasteiger charge is 2.09. The highest BCUT2D eigenvalue weighted by molar-refractivity contribution is 7.13. The zero-order valence-electron chi connectivity index (χ0n) is 12.6. The smallest absolute Gasteiger partial charge is 0.123 e. The van der Waals surface area contributed by atoms with Gasteiger partial charge in [0.15, 0.2) is 0 Å². The molecule has 2 rings (SSSR count). The molecular formula is C16H22N2O2S. The Morgan fingerprint density at radius 2 is 2.19 bits per heavy atom. The number of nitrogens with zero attached hydrogens (tertiary/aromatic N) is 2. The average Bonchev–Trinajstić information content (AvgIpc) is 2.96.